The Bertz CT molecular complexity index is 102. The number of ether oxygens (including phenoxy) is 1. The highest BCUT2D eigenvalue weighted by Crippen LogP contribution is 2.23. The van der Waals surface area contributed by atoms with Crippen LogP contribution < -0.4 is 0 Å². The van der Waals surface area contributed by atoms with E-state index in [1.54, 1.807) is 0 Å². The lowest BCUT2D eigenvalue weighted by atomic mass is 10.5. The Balaban J connectivity index is 2.07. The van der Waals surface area contributed by atoms with Gasteiger partial charge in [0.1, 0.15) is 6.61 Å². The van der Waals surface area contributed by atoms with Crippen molar-refractivity contribution in [2.24, 2.45) is 0 Å². The Labute approximate surface area is 69.1 Å². The van der Waals surface area contributed by atoms with Crippen molar-refractivity contribution in [2.75, 3.05) is 23.9 Å². The van der Waals surface area contributed by atoms with Crippen molar-refractivity contribution in [1.82, 2.24) is 0 Å². The van der Waals surface area contributed by atoms with Crippen LogP contribution in [0.3, 0.4) is 0 Å². The number of rotatable bonds is 3. The van der Waals surface area contributed by atoms with Gasteiger partial charge in [0.2, 0.25) is 0 Å². The summed E-state index contributed by atoms with van der Waals surface area (Å²) in [5.41, 5.74) is 0. The van der Waals surface area contributed by atoms with Crippen LogP contribution in [0.2, 0.25) is 0 Å². The molecule has 0 spiro atoms. The lowest BCUT2D eigenvalue weighted by Gasteiger charge is -2.18. The van der Waals surface area contributed by atoms with Crippen molar-refractivity contribution in [3.05, 3.63) is 0 Å². The van der Waals surface area contributed by atoms with Crippen molar-refractivity contribution >= 4 is 30.0 Å². The van der Waals surface area contributed by atoms with Crippen LogP contribution in [0.15, 0.2) is 0 Å². The van der Waals surface area contributed by atoms with Gasteiger partial charge in [0.05, 0.1) is 0 Å². The summed E-state index contributed by atoms with van der Waals surface area (Å²) in [5.74, 6) is 3.51. The number of thioether (sulfide) groups is 2. The summed E-state index contributed by atoms with van der Waals surface area (Å²) in [6, 6.07) is 0. The summed E-state index contributed by atoms with van der Waals surface area (Å²) in [4.78, 5) is 9.68. The van der Waals surface area contributed by atoms with Crippen LogP contribution in [-0.2, 0) is 9.53 Å². The molecule has 10 heavy (non-hydrogen) atoms. The zero-order valence-electron chi connectivity index (χ0n) is 5.54. The first-order valence-electron chi connectivity index (χ1n) is 3.12. The Morgan fingerprint density at radius 2 is 2.50 bits per heavy atom. The highest BCUT2D eigenvalue weighted by Gasteiger charge is 2.14. The molecule has 0 aromatic rings. The van der Waals surface area contributed by atoms with Gasteiger partial charge in [-0.15, -0.1) is 0 Å². The SMILES string of the molecule is O=[C]OCC1CSCCS1. The van der Waals surface area contributed by atoms with Gasteiger partial charge in [0, 0.05) is 22.5 Å². The predicted molar refractivity (Wildman–Crippen MR) is 45.2 cm³/mol. The molecular formula is C6H9O2S2. The molecule has 1 atom stereocenters. The van der Waals surface area contributed by atoms with Crippen LogP contribution in [0.25, 0.3) is 0 Å². The third-order valence-corrected chi connectivity index (χ3v) is 4.03. The van der Waals surface area contributed by atoms with Gasteiger partial charge in [-0.1, -0.05) is 0 Å². The van der Waals surface area contributed by atoms with Crippen molar-refractivity contribution < 1.29 is 9.53 Å². The van der Waals surface area contributed by atoms with E-state index in [9.17, 15) is 4.79 Å². The molecule has 0 N–H and O–H groups in total. The van der Waals surface area contributed by atoms with E-state index in [0.717, 1.165) is 5.75 Å². The normalized spacial score (nSPS) is 25.8. The van der Waals surface area contributed by atoms with Crippen LogP contribution in [0, 0.1) is 0 Å². The number of carbonyl (C=O) groups excluding carboxylic acids is 1. The van der Waals surface area contributed by atoms with Gasteiger partial charge in [-0.3, -0.25) is 0 Å². The molecule has 1 rings (SSSR count). The van der Waals surface area contributed by atoms with E-state index in [2.05, 4.69) is 4.74 Å². The van der Waals surface area contributed by atoms with E-state index in [1.165, 1.54) is 18.0 Å². The largest absolute Gasteiger partial charge is 0.456 e. The molecule has 1 radical (unpaired) electrons. The van der Waals surface area contributed by atoms with Crippen LogP contribution in [-0.4, -0.2) is 35.6 Å². The predicted octanol–water partition coefficient (Wildman–Crippen LogP) is 0.919. The number of hydrogen-bond donors (Lipinski definition) is 0. The van der Waals surface area contributed by atoms with Crippen molar-refractivity contribution in [3.8, 4) is 0 Å². The molecule has 1 unspecified atom stereocenters. The molecule has 1 aliphatic heterocycles. The van der Waals surface area contributed by atoms with Crippen LogP contribution in [0.1, 0.15) is 0 Å². The summed E-state index contributed by atoms with van der Waals surface area (Å²) in [5, 5.41) is 0.500. The Morgan fingerprint density at radius 3 is 3.10 bits per heavy atom. The average Bonchev–Trinajstić information content (AvgIpc) is 2.03. The topological polar surface area (TPSA) is 26.3 Å². The van der Waals surface area contributed by atoms with E-state index in [4.69, 9.17) is 0 Å². The van der Waals surface area contributed by atoms with E-state index >= 15 is 0 Å². The minimum absolute atomic E-state index is 0.500. The fourth-order valence-corrected chi connectivity index (χ4v) is 3.31. The maximum Gasteiger partial charge on any atom is 0.417 e. The summed E-state index contributed by atoms with van der Waals surface area (Å²) < 4.78 is 4.53. The fourth-order valence-electron chi connectivity index (χ4n) is 0.760. The Morgan fingerprint density at radius 1 is 1.60 bits per heavy atom. The fraction of sp³-hybridized carbons (Fsp3) is 0.833. The smallest absolute Gasteiger partial charge is 0.417 e. The standard InChI is InChI=1S/C6H9O2S2/c7-5-8-3-6-4-9-1-2-10-6/h6H,1-4H2. The molecule has 0 saturated carbocycles. The lowest BCUT2D eigenvalue weighted by Crippen LogP contribution is -2.19. The molecule has 0 aromatic heterocycles. The third kappa shape index (κ3) is 2.84. The Kier molecular flexibility index (Phi) is 4.06. The third-order valence-electron chi connectivity index (χ3n) is 1.21. The maximum atomic E-state index is 9.68. The molecule has 0 amide bonds. The molecule has 0 aromatic carbocycles. The van der Waals surface area contributed by atoms with E-state index < -0.39 is 0 Å². The average molecular weight is 177 g/mol. The second kappa shape index (κ2) is 4.91. The molecular weight excluding hydrogens is 168 g/mol. The summed E-state index contributed by atoms with van der Waals surface area (Å²) in [6.45, 7) is 1.97. The van der Waals surface area contributed by atoms with Gasteiger partial charge in [0.25, 0.3) is 0 Å². The van der Waals surface area contributed by atoms with Crippen LogP contribution >= 0.6 is 23.5 Å². The van der Waals surface area contributed by atoms with Gasteiger partial charge in [-0.05, 0) is 0 Å². The first kappa shape index (κ1) is 8.27. The molecule has 1 saturated heterocycles. The lowest BCUT2D eigenvalue weighted by molar-refractivity contribution is 0.283. The molecule has 1 fully saturated rings. The molecule has 1 aliphatic rings. The zero-order chi connectivity index (χ0) is 7.23. The molecule has 0 aliphatic carbocycles. The van der Waals surface area contributed by atoms with Crippen LogP contribution in [0.4, 0.5) is 0 Å². The van der Waals surface area contributed by atoms with E-state index in [-0.39, 0.29) is 0 Å². The van der Waals surface area contributed by atoms with E-state index in [0.29, 0.717) is 11.9 Å². The van der Waals surface area contributed by atoms with Gasteiger partial charge < -0.3 is 4.74 Å². The van der Waals surface area contributed by atoms with Gasteiger partial charge in [0.15, 0.2) is 0 Å². The maximum absolute atomic E-state index is 9.68. The molecule has 2 nitrogen and oxygen atoms in total. The number of hydrogen-bond acceptors (Lipinski definition) is 4. The first-order chi connectivity index (χ1) is 4.93. The molecule has 4 heteroatoms. The first-order valence-corrected chi connectivity index (χ1v) is 5.32. The summed E-state index contributed by atoms with van der Waals surface area (Å²) in [7, 11) is 0. The summed E-state index contributed by atoms with van der Waals surface area (Å²) in [6.07, 6.45) is 0. The van der Waals surface area contributed by atoms with Gasteiger partial charge in [-0.25, -0.2) is 4.79 Å². The van der Waals surface area contributed by atoms with Crippen LogP contribution in [0.5, 0.6) is 0 Å². The van der Waals surface area contributed by atoms with Crippen molar-refractivity contribution in [1.29, 1.82) is 0 Å². The highest BCUT2D eigenvalue weighted by atomic mass is 32.2. The van der Waals surface area contributed by atoms with Crippen molar-refractivity contribution in [3.63, 3.8) is 0 Å². The zero-order valence-corrected chi connectivity index (χ0v) is 7.17. The molecule has 1 heterocycles. The summed E-state index contributed by atoms with van der Waals surface area (Å²) >= 11 is 3.80. The van der Waals surface area contributed by atoms with Crippen molar-refractivity contribution in [2.45, 2.75) is 5.25 Å². The van der Waals surface area contributed by atoms with Gasteiger partial charge >= 0.3 is 6.47 Å². The minimum Gasteiger partial charge on any atom is -0.456 e. The minimum atomic E-state index is 0.500. The highest BCUT2D eigenvalue weighted by molar-refractivity contribution is 8.06. The Hall–Kier alpha value is 0.170. The molecule has 0 bridgehead atoms. The van der Waals surface area contributed by atoms with E-state index in [1.807, 2.05) is 23.5 Å². The van der Waals surface area contributed by atoms with Gasteiger partial charge in [-0.2, -0.15) is 23.5 Å². The quantitative estimate of drug-likeness (QED) is 0.640. The second-order valence-electron chi connectivity index (χ2n) is 1.96. The second-order valence-corrected chi connectivity index (χ2v) is 4.52. The monoisotopic (exact) mass is 177 g/mol. The molecule has 57 valence electrons.